The van der Waals surface area contributed by atoms with Crippen molar-refractivity contribution in [3.05, 3.63) is 36.0 Å². The lowest BCUT2D eigenvalue weighted by atomic mass is 10.1. The van der Waals surface area contributed by atoms with Gasteiger partial charge < -0.3 is 9.64 Å². The van der Waals surface area contributed by atoms with Gasteiger partial charge in [0.15, 0.2) is 0 Å². The van der Waals surface area contributed by atoms with Crippen molar-refractivity contribution in [3.63, 3.8) is 0 Å². The number of pyridine rings is 1. The van der Waals surface area contributed by atoms with Crippen LogP contribution in [0.3, 0.4) is 0 Å². The van der Waals surface area contributed by atoms with Crippen LogP contribution in [-0.4, -0.2) is 55.8 Å². The zero-order valence-corrected chi connectivity index (χ0v) is 14.5. The molecule has 1 aromatic carbocycles. The van der Waals surface area contributed by atoms with Crippen molar-refractivity contribution in [2.75, 3.05) is 44.7 Å². The minimum atomic E-state index is 0.353. The third-order valence-electron chi connectivity index (χ3n) is 4.81. The molecule has 1 unspecified atom stereocenters. The van der Waals surface area contributed by atoms with Crippen LogP contribution in [0.25, 0.3) is 10.9 Å². The van der Waals surface area contributed by atoms with Crippen LogP contribution in [0.15, 0.2) is 30.3 Å². The van der Waals surface area contributed by atoms with Gasteiger partial charge >= 0.3 is 0 Å². The summed E-state index contributed by atoms with van der Waals surface area (Å²) in [6.07, 6.45) is 1.43. The summed E-state index contributed by atoms with van der Waals surface area (Å²) in [5.74, 6) is 0. The molecule has 0 aliphatic carbocycles. The Hall–Kier alpha value is -1.65. The number of nitrogens with zero attached hydrogens (tertiary/aromatic N) is 3. The minimum absolute atomic E-state index is 0.353. The molecule has 2 aromatic rings. The van der Waals surface area contributed by atoms with E-state index in [9.17, 15) is 0 Å². The average molecular weight is 313 g/mol. The number of aromatic nitrogens is 1. The van der Waals surface area contributed by atoms with Crippen LogP contribution >= 0.6 is 0 Å². The molecule has 1 aliphatic rings. The summed E-state index contributed by atoms with van der Waals surface area (Å²) in [6.45, 7) is 9.59. The lowest BCUT2D eigenvalue weighted by Crippen LogP contribution is -2.48. The van der Waals surface area contributed by atoms with E-state index in [0.29, 0.717) is 6.10 Å². The molecular formula is C19H27N3O. The highest BCUT2D eigenvalue weighted by Crippen LogP contribution is 2.27. The molecule has 0 amide bonds. The van der Waals surface area contributed by atoms with Crippen LogP contribution in [0, 0.1) is 6.92 Å². The third kappa shape index (κ3) is 3.65. The van der Waals surface area contributed by atoms with Gasteiger partial charge in [-0.25, -0.2) is 0 Å². The molecule has 23 heavy (non-hydrogen) atoms. The summed E-state index contributed by atoms with van der Waals surface area (Å²) in [5.41, 5.74) is 3.48. The van der Waals surface area contributed by atoms with E-state index >= 15 is 0 Å². The third-order valence-corrected chi connectivity index (χ3v) is 4.81. The Morgan fingerprint density at radius 2 is 1.91 bits per heavy atom. The molecule has 0 bridgehead atoms. The van der Waals surface area contributed by atoms with E-state index < -0.39 is 0 Å². The number of hydrogen-bond donors (Lipinski definition) is 0. The molecule has 3 rings (SSSR count). The second-order valence-corrected chi connectivity index (χ2v) is 6.35. The van der Waals surface area contributed by atoms with Crippen LogP contribution in [0.5, 0.6) is 0 Å². The number of ether oxygens (including phenoxy) is 1. The molecule has 4 heteroatoms. The summed E-state index contributed by atoms with van der Waals surface area (Å²) < 4.78 is 5.52. The topological polar surface area (TPSA) is 28.6 Å². The summed E-state index contributed by atoms with van der Waals surface area (Å²) >= 11 is 0. The molecule has 1 saturated heterocycles. The van der Waals surface area contributed by atoms with Gasteiger partial charge in [0.2, 0.25) is 0 Å². The standard InChI is InChI=1S/C19H27N3O/c1-4-16(23-3)14-21-10-12-22(13-11-21)19-7-5-6-18-17(19)9-8-15(2)20-18/h5-9,16H,4,10-14H2,1-3H3. The molecule has 0 radical (unpaired) electrons. The van der Waals surface area contributed by atoms with Crippen LogP contribution in [0.4, 0.5) is 5.69 Å². The minimum Gasteiger partial charge on any atom is -0.380 e. The van der Waals surface area contributed by atoms with Crippen molar-refractivity contribution in [3.8, 4) is 0 Å². The number of anilines is 1. The van der Waals surface area contributed by atoms with E-state index in [-0.39, 0.29) is 0 Å². The average Bonchev–Trinajstić information content (AvgIpc) is 2.59. The van der Waals surface area contributed by atoms with Crippen molar-refractivity contribution in [2.24, 2.45) is 0 Å². The largest absolute Gasteiger partial charge is 0.380 e. The molecular weight excluding hydrogens is 286 g/mol. The van der Waals surface area contributed by atoms with Crippen molar-refractivity contribution in [2.45, 2.75) is 26.4 Å². The second-order valence-electron chi connectivity index (χ2n) is 6.35. The molecule has 1 atom stereocenters. The number of benzene rings is 1. The van der Waals surface area contributed by atoms with Crippen LogP contribution in [0.1, 0.15) is 19.0 Å². The maximum atomic E-state index is 5.52. The first-order valence-corrected chi connectivity index (χ1v) is 8.57. The first kappa shape index (κ1) is 16.2. The van der Waals surface area contributed by atoms with Gasteiger partial charge in [0, 0.05) is 56.6 Å². The molecule has 1 aromatic heterocycles. The first-order chi connectivity index (χ1) is 11.2. The zero-order chi connectivity index (χ0) is 16.2. The van der Waals surface area contributed by atoms with Gasteiger partial charge in [0.1, 0.15) is 0 Å². The van der Waals surface area contributed by atoms with E-state index in [0.717, 1.165) is 50.4 Å². The number of rotatable bonds is 5. The Morgan fingerprint density at radius 3 is 2.61 bits per heavy atom. The van der Waals surface area contributed by atoms with Crippen molar-refractivity contribution >= 4 is 16.6 Å². The molecule has 2 heterocycles. The fourth-order valence-electron chi connectivity index (χ4n) is 3.35. The molecule has 4 nitrogen and oxygen atoms in total. The van der Waals surface area contributed by atoms with Gasteiger partial charge in [-0.1, -0.05) is 13.0 Å². The lowest BCUT2D eigenvalue weighted by molar-refractivity contribution is 0.0595. The maximum Gasteiger partial charge on any atom is 0.0726 e. The highest BCUT2D eigenvalue weighted by molar-refractivity contribution is 5.92. The Kier molecular flexibility index (Phi) is 5.13. The summed E-state index contributed by atoms with van der Waals surface area (Å²) in [7, 11) is 1.81. The molecule has 0 spiro atoms. The predicted molar refractivity (Wildman–Crippen MR) is 96.2 cm³/mol. The number of aryl methyl sites for hydroxylation is 1. The smallest absolute Gasteiger partial charge is 0.0726 e. The SMILES string of the molecule is CCC(CN1CCN(c2cccc3nc(C)ccc23)CC1)OC. The van der Waals surface area contributed by atoms with E-state index in [1.165, 1.54) is 11.1 Å². The highest BCUT2D eigenvalue weighted by atomic mass is 16.5. The first-order valence-electron chi connectivity index (χ1n) is 8.57. The van der Waals surface area contributed by atoms with E-state index in [4.69, 9.17) is 4.74 Å². The van der Waals surface area contributed by atoms with Gasteiger partial charge in [-0.2, -0.15) is 0 Å². The normalized spacial score (nSPS) is 17.6. The fourth-order valence-corrected chi connectivity index (χ4v) is 3.35. The van der Waals surface area contributed by atoms with Gasteiger partial charge in [-0.3, -0.25) is 9.88 Å². The number of fused-ring (bicyclic) bond motifs is 1. The molecule has 0 saturated carbocycles. The summed E-state index contributed by atoms with van der Waals surface area (Å²) in [6, 6.07) is 10.8. The predicted octanol–water partition coefficient (Wildman–Crippen LogP) is 3.09. The van der Waals surface area contributed by atoms with Gasteiger partial charge in [-0.15, -0.1) is 0 Å². The Balaban J connectivity index is 1.71. The lowest BCUT2D eigenvalue weighted by Gasteiger charge is -2.37. The molecule has 0 N–H and O–H groups in total. The Morgan fingerprint density at radius 1 is 1.13 bits per heavy atom. The number of methoxy groups -OCH3 is 1. The molecule has 1 fully saturated rings. The van der Waals surface area contributed by atoms with Gasteiger partial charge in [-0.05, 0) is 37.6 Å². The van der Waals surface area contributed by atoms with Crippen LogP contribution < -0.4 is 4.90 Å². The van der Waals surface area contributed by atoms with Crippen LogP contribution in [0.2, 0.25) is 0 Å². The van der Waals surface area contributed by atoms with E-state index in [1.54, 1.807) is 0 Å². The van der Waals surface area contributed by atoms with Gasteiger partial charge in [0.25, 0.3) is 0 Å². The summed E-state index contributed by atoms with van der Waals surface area (Å²) in [4.78, 5) is 9.66. The molecule has 1 aliphatic heterocycles. The Bertz CT molecular complexity index is 646. The molecule has 124 valence electrons. The van der Waals surface area contributed by atoms with Crippen molar-refractivity contribution in [1.82, 2.24) is 9.88 Å². The second kappa shape index (κ2) is 7.28. The van der Waals surface area contributed by atoms with E-state index in [1.807, 2.05) is 14.0 Å². The summed E-state index contributed by atoms with van der Waals surface area (Å²) in [5, 5.41) is 1.26. The Labute approximate surface area is 139 Å². The van der Waals surface area contributed by atoms with Crippen molar-refractivity contribution < 1.29 is 4.74 Å². The zero-order valence-electron chi connectivity index (χ0n) is 14.5. The van der Waals surface area contributed by atoms with E-state index in [2.05, 4.69) is 52.0 Å². The van der Waals surface area contributed by atoms with Gasteiger partial charge in [0.05, 0.1) is 11.6 Å². The highest BCUT2D eigenvalue weighted by Gasteiger charge is 2.20. The quantitative estimate of drug-likeness (QED) is 0.848. The van der Waals surface area contributed by atoms with Crippen LogP contribution in [-0.2, 0) is 4.74 Å². The fraction of sp³-hybridized carbons (Fsp3) is 0.526. The maximum absolute atomic E-state index is 5.52. The monoisotopic (exact) mass is 313 g/mol. The number of piperazine rings is 1. The number of hydrogen-bond acceptors (Lipinski definition) is 4. The van der Waals surface area contributed by atoms with Crippen molar-refractivity contribution in [1.29, 1.82) is 0 Å².